The van der Waals surface area contributed by atoms with Crippen LogP contribution in [0.3, 0.4) is 0 Å². The summed E-state index contributed by atoms with van der Waals surface area (Å²) in [6, 6.07) is 3.10. The van der Waals surface area contributed by atoms with Crippen LogP contribution in [0, 0.1) is 5.82 Å². The van der Waals surface area contributed by atoms with Crippen LogP contribution in [-0.4, -0.2) is 32.2 Å². The Morgan fingerprint density at radius 3 is 2.80 bits per heavy atom. The molecule has 2 aromatic rings. The molecule has 104 valence electrons. The van der Waals surface area contributed by atoms with Crippen LogP contribution >= 0.6 is 0 Å². The number of aryl methyl sites for hydroxylation is 1. The van der Waals surface area contributed by atoms with E-state index in [2.05, 4.69) is 20.5 Å². The van der Waals surface area contributed by atoms with Crippen molar-refractivity contribution in [2.75, 3.05) is 5.32 Å². The number of anilines is 1. The highest BCUT2D eigenvalue weighted by Gasteiger charge is 2.15. The minimum atomic E-state index is -1.22. The van der Waals surface area contributed by atoms with Crippen LogP contribution in [0.15, 0.2) is 18.2 Å². The molecule has 3 N–H and O–H groups in total. The molecule has 0 spiro atoms. The molecule has 8 heteroatoms. The van der Waals surface area contributed by atoms with Gasteiger partial charge in [0.25, 0.3) is 5.91 Å². The Hall–Kier alpha value is -2.77. The molecule has 0 saturated heterocycles. The Kier molecular flexibility index (Phi) is 3.74. The summed E-state index contributed by atoms with van der Waals surface area (Å²) >= 11 is 0. The SMILES string of the molecule is CCc1nc(C(=O)Nc2cc(C(=O)O)ccc2F)n[nH]1. The highest BCUT2D eigenvalue weighted by molar-refractivity contribution is 6.02. The monoisotopic (exact) mass is 278 g/mol. The number of amides is 1. The van der Waals surface area contributed by atoms with Gasteiger partial charge < -0.3 is 10.4 Å². The first-order valence-corrected chi connectivity index (χ1v) is 5.76. The molecule has 0 atom stereocenters. The Morgan fingerprint density at radius 1 is 1.45 bits per heavy atom. The molecule has 2 rings (SSSR count). The number of nitrogens with one attached hydrogen (secondary N) is 2. The fourth-order valence-corrected chi connectivity index (χ4v) is 1.49. The molecule has 0 saturated carbocycles. The summed E-state index contributed by atoms with van der Waals surface area (Å²) < 4.78 is 13.5. The van der Waals surface area contributed by atoms with Gasteiger partial charge in [-0.2, -0.15) is 0 Å². The number of carboxylic acids is 1. The van der Waals surface area contributed by atoms with Crippen molar-refractivity contribution in [2.24, 2.45) is 0 Å². The predicted molar refractivity (Wildman–Crippen MR) is 67.1 cm³/mol. The molecule has 0 bridgehead atoms. The number of H-pyrrole nitrogens is 1. The fourth-order valence-electron chi connectivity index (χ4n) is 1.49. The lowest BCUT2D eigenvalue weighted by Gasteiger charge is -2.05. The minimum absolute atomic E-state index is 0.133. The van der Waals surface area contributed by atoms with Crippen molar-refractivity contribution in [1.29, 1.82) is 0 Å². The van der Waals surface area contributed by atoms with Crippen molar-refractivity contribution in [3.05, 3.63) is 41.2 Å². The third-order valence-electron chi connectivity index (χ3n) is 2.53. The van der Waals surface area contributed by atoms with E-state index in [-0.39, 0.29) is 17.1 Å². The van der Waals surface area contributed by atoms with Gasteiger partial charge in [0.05, 0.1) is 11.3 Å². The predicted octanol–water partition coefficient (Wildman–Crippen LogP) is 1.46. The number of aromatic carboxylic acids is 1. The normalized spacial score (nSPS) is 10.3. The number of carbonyl (C=O) groups excluding carboxylic acids is 1. The van der Waals surface area contributed by atoms with E-state index in [4.69, 9.17) is 5.11 Å². The maximum Gasteiger partial charge on any atom is 0.335 e. The summed E-state index contributed by atoms with van der Waals surface area (Å²) in [5, 5.41) is 17.3. The van der Waals surface area contributed by atoms with Gasteiger partial charge >= 0.3 is 5.97 Å². The molecule has 0 aliphatic heterocycles. The van der Waals surface area contributed by atoms with Crippen molar-refractivity contribution in [3.63, 3.8) is 0 Å². The zero-order valence-corrected chi connectivity index (χ0v) is 10.5. The summed E-state index contributed by atoms with van der Waals surface area (Å²) in [4.78, 5) is 26.5. The molecule has 1 aromatic heterocycles. The molecule has 7 nitrogen and oxygen atoms in total. The van der Waals surface area contributed by atoms with Crippen LogP contribution in [-0.2, 0) is 6.42 Å². The second-order valence-corrected chi connectivity index (χ2v) is 3.91. The summed E-state index contributed by atoms with van der Waals surface area (Å²) in [5.74, 6) is -2.29. The fraction of sp³-hybridized carbons (Fsp3) is 0.167. The topological polar surface area (TPSA) is 108 Å². The molecular weight excluding hydrogens is 267 g/mol. The zero-order valence-electron chi connectivity index (χ0n) is 10.5. The Morgan fingerprint density at radius 2 is 2.20 bits per heavy atom. The van der Waals surface area contributed by atoms with Gasteiger partial charge in [0.1, 0.15) is 11.6 Å². The molecule has 1 aromatic carbocycles. The maximum absolute atomic E-state index is 13.5. The van der Waals surface area contributed by atoms with Gasteiger partial charge in [0.15, 0.2) is 0 Å². The average Bonchev–Trinajstić information content (AvgIpc) is 2.89. The van der Waals surface area contributed by atoms with Crippen molar-refractivity contribution in [2.45, 2.75) is 13.3 Å². The van der Waals surface area contributed by atoms with Crippen LogP contribution in [0.4, 0.5) is 10.1 Å². The van der Waals surface area contributed by atoms with Crippen LogP contribution in [0.1, 0.15) is 33.7 Å². The number of aromatic nitrogens is 3. The molecule has 1 amide bonds. The summed E-state index contributed by atoms with van der Waals surface area (Å²) in [7, 11) is 0. The number of hydrogen-bond acceptors (Lipinski definition) is 4. The number of aromatic amines is 1. The lowest BCUT2D eigenvalue weighted by Crippen LogP contribution is -2.15. The van der Waals surface area contributed by atoms with Gasteiger partial charge in [-0.15, -0.1) is 5.10 Å². The first kappa shape index (κ1) is 13.7. The number of halogens is 1. The van der Waals surface area contributed by atoms with E-state index in [1.54, 1.807) is 0 Å². The van der Waals surface area contributed by atoms with Crippen LogP contribution in [0.25, 0.3) is 0 Å². The molecule has 20 heavy (non-hydrogen) atoms. The van der Waals surface area contributed by atoms with Gasteiger partial charge in [0, 0.05) is 6.42 Å². The second kappa shape index (κ2) is 5.47. The summed E-state index contributed by atoms with van der Waals surface area (Å²) in [5.41, 5.74) is -0.372. The van der Waals surface area contributed by atoms with Crippen molar-refractivity contribution < 1.29 is 19.1 Å². The van der Waals surface area contributed by atoms with Gasteiger partial charge in [-0.25, -0.2) is 14.2 Å². The number of rotatable bonds is 4. The third-order valence-corrected chi connectivity index (χ3v) is 2.53. The van der Waals surface area contributed by atoms with Crippen molar-refractivity contribution in [3.8, 4) is 0 Å². The second-order valence-electron chi connectivity index (χ2n) is 3.91. The van der Waals surface area contributed by atoms with Crippen LogP contribution in [0.2, 0.25) is 0 Å². The highest BCUT2D eigenvalue weighted by atomic mass is 19.1. The Labute approximate surface area is 112 Å². The molecule has 0 aliphatic carbocycles. The van der Waals surface area contributed by atoms with Gasteiger partial charge in [-0.05, 0) is 18.2 Å². The van der Waals surface area contributed by atoms with Gasteiger partial charge in [-0.3, -0.25) is 9.89 Å². The zero-order chi connectivity index (χ0) is 14.7. The molecule has 0 aliphatic rings. The summed E-state index contributed by atoms with van der Waals surface area (Å²) in [6.45, 7) is 1.83. The first-order valence-electron chi connectivity index (χ1n) is 5.76. The van der Waals surface area contributed by atoms with Gasteiger partial charge in [-0.1, -0.05) is 6.92 Å². The smallest absolute Gasteiger partial charge is 0.335 e. The lowest BCUT2D eigenvalue weighted by molar-refractivity contribution is 0.0696. The highest BCUT2D eigenvalue weighted by Crippen LogP contribution is 2.16. The Balaban J connectivity index is 2.22. The standard InChI is InChI=1S/C12H11FN4O3/c1-2-9-15-10(17-16-9)11(18)14-8-5-6(12(19)20)3-4-7(8)13/h3-5H,2H2,1H3,(H,14,18)(H,19,20)(H,15,16,17). The average molecular weight is 278 g/mol. The van der Waals surface area contributed by atoms with E-state index in [0.717, 1.165) is 18.2 Å². The van der Waals surface area contributed by atoms with E-state index >= 15 is 0 Å². The lowest BCUT2D eigenvalue weighted by atomic mass is 10.2. The number of carboxylic acid groups (broad SMARTS) is 1. The number of benzene rings is 1. The Bertz CT molecular complexity index is 668. The molecular formula is C12H11FN4O3. The van der Waals surface area contributed by atoms with Crippen LogP contribution in [0.5, 0.6) is 0 Å². The van der Waals surface area contributed by atoms with E-state index < -0.39 is 17.7 Å². The van der Waals surface area contributed by atoms with E-state index in [0.29, 0.717) is 12.2 Å². The van der Waals surface area contributed by atoms with Gasteiger partial charge in [0.2, 0.25) is 5.82 Å². The molecule has 0 unspecified atom stereocenters. The first-order chi connectivity index (χ1) is 9.51. The number of hydrogen-bond donors (Lipinski definition) is 3. The maximum atomic E-state index is 13.5. The largest absolute Gasteiger partial charge is 0.478 e. The van der Waals surface area contributed by atoms with E-state index in [9.17, 15) is 14.0 Å². The summed E-state index contributed by atoms with van der Waals surface area (Å²) in [6.07, 6.45) is 0.573. The minimum Gasteiger partial charge on any atom is -0.478 e. The van der Waals surface area contributed by atoms with Crippen molar-refractivity contribution >= 4 is 17.6 Å². The molecule has 0 fully saturated rings. The molecule has 0 radical (unpaired) electrons. The molecule has 1 heterocycles. The number of nitrogens with zero attached hydrogens (tertiary/aromatic N) is 2. The van der Waals surface area contributed by atoms with Crippen molar-refractivity contribution in [1.82, 2.24) is 15.2 Å². The quantitative estimate of drug-likeness (QED) is 0.784. The van der Waals surface area contributed by atoms with Crippen LogP contribution < -0.4 is 5.32 Å². The number of carbonyl (C=O) groups is 2. The third kappa shape index (κ3) is 2.79. The van der Waals surface area contributed by atoms with E-state index in [1.165, 1.54) is 0 Å². The van der Waals surface area contributed by atoms with E-state index in [1.807, 2.05) is 6.92 Å².